The van der Waals surface area contributed by atoms with Crippen molar-refractivity contribution in [2.75, 3.05) is 13.1 Å². The predicted octanol–water partition coefficient (Wildman–Crippen LogP) is 1.99. The van der Waals surface area contributed by atoms with Crippen molar-refractivity contribution in [2.24, 2.45) is 5.41 Å². The Labute approximate surface area is 141 Å². The number of hydrogen-bond acceptors (Lipinski definition) is 5. The highest BCUT2D eigenvalue weighted by Gasteiger charge is 2.58. The van der Waals surface area contributed by atoms with E-state index in [0.29, 0.717) is 18.4 Å². The molecule has 3 heterocycles. The molecule has 7 nitrogen and oxygen atoms in total. The van der Waals surface area contributed by atoms with Gasteiger partial charge in [0.15, 0.2) is 0 Å². The molecule has 24 heavy (non-hydrogen) atoms. The lowest BCUT2D eigenvalue weighted by Gasteiger charge is -2.32. The maximum absolute atomic E-state index is 12.5. The van der Waals surface area contributed by atoms with Crippen LogP contribution >= 0.6 is 0 Å². The summed E-state index contributed by atoms with van der Waals surface area (Å²) in [5, 5.41) is 12.5. The number of hydrogen-bond donors (Lipinski definition) is 0. The lowest BCUT2D eigenvalue weighted by Crippen LogP contribution is -2.41. The first-order valence-electron chi connectivity index (χ1n) is 8.56. The van der Waals surface area contributed by atoms with Gasteiger partial charge in [0.05, 0.1) is 5.69 Å². The Morgan fingerprint density at radius 3 is 2.62 bits per heavy atom. The van der Waals surface area contributed by atoms with Crippen LogP contribution in [0.15, 0.2) is 10.5 Å². The predicted molar refractivity (Wildman–Crippen MR) is 86.3 cm³/mol. The van der Waals surface area contributed by atoms with E-state index >= 15 is 0 Å². The van der Waals surface area contributed by atoms with E-state index in [1.54, 1.807) is 4.68 Å². The van der Waals surface area contributed by atoms with Crippen LogP contribution in [0.25, 0.3) is 0 Å². The van der Waals surface area contributed by atoms with Gasteiger partial charge in [-0.15, -0.1) is 10.2 Å². The molecule has 2 aromatic rings. The van der Waals surface area contributed by atoms with Gasteiger partial charge in [-0.2, -0.15) is 5.10 Å². The molecule has 1 saturated carbocycles. The molecule has 0 aromatic carbocycles. The van der Waals surface area contributed by atoms with Crippen molar-refractivity contribution in [3.8, 4) is 0 Å². The van der Waals surface area contributed by atoms with Crippen LogP contribution in [-0.4, -0.2) is 43.9 Å². The summed E-state index contributed by atoms with van der Waals surface area (Å²) in [6.07, 6.45) is 3.14. The Kier molecular flexibility index (Phi) is 3.47. The highest BCUT2D eigenvalue weighted by molar-refractivity contribution is 5.76. The van der Waals surface area contributed by atoms with Crippen LogP contribution < -0.4 is 0 Å². The third-order valence-electron chi connectivity index (χ3n) is 5.53. The molecule has 1 atom stereocenters. The van der Waals surface area contributed by atoms with Crippen LogP contribution in [-0.2, 0) is 11.3 Å². The summed E-state index contributed by atoms with van der Waals surface area (Å²) in [5.74, 6) is 1.94. The molecule has 2 aromatic heterocycles. The number of aryl methyl sites for hydroxylation is 3. The fraction of sp³-hybridized carbons (Fsp3) is 0.647. The summed E-state index contributed by atoms with van der Waals surface area (Å²) in [6.45, 7) is 7.71. The van der Waals surface area contributed by atoms with E-state index in [2.05, 4.69) is 15.3 Å². The number of nitrogens with zero attached hydrogens (tertiary/aromatic N) is 5. The number of carbonyl (C=O) groups is 1. The van der Waals surface area contributed by atoms with Crippen LogP contribution in [0, 0.1) is 26.2 Å². The molecule has 1 aliphatic heterocycles. The van der Waals surface area contributed by atoms with E-state index in [1.165, 1.54) is 0 Å². The van der Waals surface area contributed by atoms with Crippen LogP contribution in [0.3, 0.4) is 0 Å². The zero-order valence-corrected chi connectivity index (χ0v) is 14.4. The van der Waals surface area contributed by atoms with E-state index in [-0.39, 0.29) is 11.3 Å². The highest BCUT2D eigenvalue weighted by atomic mass is 16.4. The molecule has 0 bridgehead atoms. The zero-order valence-electron chi connectivity index (χ0n) is 14.4. The second kappa shape index (κ2) is 5.43. The van der Waals surface area contributed by atoms with Crippen molar-refractivity contribution in [3.63, 3.8) is 0 Å². The van der Waals surface area contributed by atoms with E-state index in [9.17, 15) is 4.79 Å². The first-order chi connectivity index (χ1) is 11.5. The lowest BCUT2D eigenvalue weighted by atomic mass is 9.90. The van der Waals surface area contributed by atoms with Gasteiger partial charge >= 0.3 is 0 Å². The normalized spacial score (nSPS) is 22.1. The minimum atomic E-state index is 0.155. The summed E-state index contributed by atoms with van der Waals surface area (Å²) in [7, 11) is 0. The standard InChI is InChI=1S/C17H23N5O2/c1-11-8-12(2)22(20-11)10-15(23)21-6-4-17(5-7-21)9-14(17)16-19-18-13(3)24-16/h8,14H,4-7,9-10H2,1-3H3. The van der Waals surface area contributed by atoms with Gasteiger partial charge in [0.25, 0.3) is 0 Å². The van der Waals surface area contributed by atoms with Crippen LogP contribution in [0.1, 0.15) is 48.3 Å². The van der Waals surface area contributed by atoms with Gasteiger partial charge in [-0.05, 0) is 44.6 Å². The van der Waals surface area contributed by atoms with Crippen LogP contribution in [0.4, 0.5) is 0 Å². The average molecular weight is 329 g/mol. The first kappa shape index (κ1) is 15.4. The fourth-order valence-electron chi connectivity index (χ4n) is 3.97. The maximum Gasteiger partial charge on any atom is 0.244 e. The number of aromatic nitrogens is 4. The van der Waals surface area contributed by atoms with Gasteiger partial charge in [-0.25, -0.2) is 0 Å². The van der Waals surface area contributed by atoms with Gasteiger partial charge in [-0.3, -0.25) is 9.48 Å². The molecule has 1 amide bonds. The molecule has 1 spiro atoms. The van der Waals surface area contributed by atoms with Gasteiger partial charge in [-0.1, -0.05) is 0 Å². The smallest absolute Gasteiger partial charge is 0.244 e. The Morgan fingerprint density at radius 2 is 2.04 bits per heavy atom. The highest BCUT2D eigenvalue weighted by Crippen LogP contribution is 2.64. The molecule has 0 N–H and O–H groups in total. The van der Waals surface area contributed by atoms with Gasteiger partial charge in [0, 0.05) is 31.6 Å². The minimum absolute atomic E-state index is 0.155. The molecule has 1 saturated heterocycles. The SMILES string of the molecule is Cc1cc(C)n(CC(=O)N2CCC3(CC2)CC3c2nnc(C)o2)n1. The molecule has 0 radical (unpaired) electrons. The van der Waals surface area contributed by atoms with Crippen molar-refractivity contribution in [1.29, 1.82) is 0 Å². The lowest BCUT2D eigenvalue weighted by molar-refractivity contribution is -0.133. The molecular weight excluding hydrogens is 306 g/mol. The number of likely N-dealkylation sites (tertiary alicyclic amines) is 1. The third-order valence-corrected chi connectivity index (χ3v) is 5.53. The van der Waals surface area contributed by atoms with Crippen molar-refractivity contribution in [2.45, 2.75) is 52.5 Å². The van der Waals surface area contributed by atoms with Gasteiger partial charge < -0.3 is 9.32 Å². The molecule has 128 valence electrons. The monoisotopic (exact) mass is 329 g/mol. The van der Waals surface area contributed by atoms with Gasteiger partial charge in [0.2, 0.25) is 17.7 Å². The molecule has 7 heteroatoms. The second-order valence-corrected chi connectivity index (χ2v) is 7.24. The summed E-state index contributed by atoms with van der Waals surface area (Å²) < 4.78 is 7.38. The molecule has 2 fully saturated rings. The van der Waals surface area contributed by atoms with Crippen molar-refractivity contribution in [3.05, 3.63) is 29.2 Å². The van der Waals surface area contributed by atoms with E-state index in [1.807, 2.05) is 31.7 Å². The Morgan fingerprint density at radius 1 is 1.29 bits per heavy atom. The summed E-state index contributed by atoms with van der Waals surface area (Å²) in [5.41, 5.74) is 2.26. The number of piperidine rings is 1. The summed E-state index contributed by atoms with van der Waals surface area (Å²) in [4.78, 5) is 14.5. The molecular formula is C17H23N5O2. The Hall–Kier alpha value is -2.18. The minimum Gasteiger partial charge on any atom is -0.425 e. The van der Waals surface area contributed by atoms with E-state index in [4.69, 9.17) is 4.42 Å². The van der Waals surface area contributed by atoms with Crippen LogP contribution in [0.5, 0.6) is 0 Å². The number of rotatable bonds is 3. The number of carbonyl (C=O) groups excluding carboxylic acids is 1. The maximum atomic E-state index is 12.5. The van der Waals surface area contributed by atoms with Crippen molar-refractivity contribution < 1.29 is 9.21 Å². The fourth-order valence-corrected chi connectivity index (χ4v) is 3.97. The Bertz CT molecular complexity index is 770. The Balaban J connectivity index is 1.35. The quantitative estimate of drug-likeness (QED) is 0.860. The summed E-state index contributed by atoms with van der Waals surface area (Å²) in [6, 6.07) is 2.00. The average Bonchev–Trinajstić information content (AvgIpc) is 2.88. The zero-order chi connectivity index (χ0) is 16.9. The molecule has 2 aliphatic rings. The van der Waals surface area contributed by atoms with E-state index < -0.39 is 0 Å². The number of amides is 1. The topological polar surface area (TPSA) is 77.0 Å². The van der Waals surface area contributed by atoms with Crippen LogP contribution in [0.2, 0.25) is 0 Å². The first-order valence-corrected chi connectivity index (χ1v) is 8.56. The summed E-state index contributed by atoms with van der Waals surface area (Å²) >= 11 is 0. The van der Waals surface area contributed by atoms with Gasteiger partial charge in [0.1, 0.15) is 6.54 Å². The largest absolute Gasteiger partial charge is 0.425 e. The van der Waals surface area contributed by atoms with E-state index in [0.717, 1.165) is 49.6 Å². The third kappa shape index (κ3) is 2.61. The van der Waals surface area contributed by atoms with Crippen molar-refractivity contribution in [1.82, 2.24) is 24.9 Å². The molecule has 1 unspecified atom stereocenters. The van der Waals surface area contributed by atoms with Crippen molar-refractivity contribution >= 4 is 5.91 Å². The second-order valence-electron chi connectivity index (χ2n) is 7.24. The molecule has 1 aliphatic carbocycles. The molecule has 4 rings (SSSR count).